The van der Waals surface area contributed by atoms with Gasteiger partial charge in [-0.05, 0) is 50.3 Å². The van der Waals surface area contributed by atoms with E-state index in [1.807, 2.05) is 0 Å². The third-order valence-corrected chi connectivity index (χ3v) is 3.94. The molecule has 0 heterocycles. The normalized spacial score (nSPS) is 10.8. The van der Waals surface area contributed by atoms with Crippen molar-refractivity contribution in [2.45, 2.75) is 64.7 Å². The van der Waals surface area contributed by atoms with Gasteiger partial charge in [0.2, 0.25) is 0 Å². The third kappa shape index (κ3) is 11.7. The molecule has 144 valence electrons. The number of esters is 2. The summed E-state index contributed by atoms with van der Waals surface area (Å²) in [6.07, 6.45) is 11.8. The predicted octanol–water partition coefficient (Wildman–Crippen LogP) is 5.88. The van der Waals surface area contributed by atoms with E-state index >= 15 is 0 Å². The molecule has 0 saturated heterocycles. The van der Waals surface area contributed by atoms with E-state index < -0.39 is 0 Å². The summed E-state index contributed by atoms with van der Waals surface area (Å²) in [6, 6.07) is 6.65. The molecule has 0 radical (unpaired) electrons. The number of halogens is 1. The number of hydrogen-bond acceptors (Lipinski definition) is 4. The van der Waals surface area contributed by atoms with Crippen molar-refractivity contribution in [1.29, 1.82) is 0 Å². The zero-order valence-electron chi connectivity index (χ0n) is 15.5. The van der Waals surface area contributed by atoms with Crippen LogP contribution < -0.4 is 4.74 Å². The van der Waals surface area contributed by atoms with Crippen molar-refractivity contribution in [3.8, 4) is 5.75 Å². The first-order valence-electron chi connectivity index (χ1n) is 9.38. The second kappa shape index (κ2) is 14.4. The van der Waals surface area contributed by atoms with Crippen molar-refractivity contribution in [2.24, 2.45) is 0 Å². The molecular formula is C21H29ClO4. The van der Waals surface area contributed by atoms with E-state index in [4.69, 9.17) is 21.1 Å². The Morgan fingerprint density at radius 3 is 2.46 bits per heavy atom. The lowest BCUT2D eigenvalue weighted by Crippen LogP contribution is -2.10. The zero-order valence-corrected chi connectivity index (χ0v) is 16.3. The Balaban J connectivity index is 2.02. The van der Waals surface area contributed by atoms with Gasteiger partial charge in [0.25, 0.3) is 0 Å². The van der Waals surface area contributed by atoms with E-state index in [0.717, 1.165) is 19.3 Å². The Kier molecular flexibility index (Phi) is 12.3. The fraction of sp³-hybridized carbons (Fsp3) is 0.524. The van der Waals surface area contributed by atoms with Gasteiger partial charge in [-0.15, -0.1) is 0 Å². The maximum Gasteiger partial charge on any atom is 0.311 e. The summed E-state index contributed by atoms with van der Waals surface area (Å²) in [5, 5.41) is 0.509. The number of ether oxygens (including phenoxy) is 2. The van der Waals surface area contributed by atoms with E-state index in [2.05, 4.69) is 19.1 Å². The molecule has 0 N–H and O–H groups in total. The van der Waals surface area contributed by atoms with Crippen LogP contribution >= 0.6 is 11.6 Å². The van der Waals surface area contributed by atoms with Crippen molar-refractivity contribution in [3.05, 3.63) is 41.4 Å². The number of unbranched alkanes of at least 4 members (excludes halogenated alkanes) is 4. The number of rotatable bonds is 13. The van der Waals surface area contributed by atoms with Gasteiger partial charge in [0.05, 0.1) is 6.61 Å². The molecule has 1 rings (SSSR count). The second-order valence-corrected chi connectivity index (χ2v) is 6.55. The Labute approximate surface area is 161 Å². The quantitative estimate of drug-likeness (QED) is 0.186. The average molecular weight is 381 g/mol. The summed E-state index contributed by atoms with van der Waals surface area (Å²) in [6.45, 7) is 2.62. The molecule has 0 unspecified atom stereocenters. The van der Waals surface area contributed by atoms with Crippen LogP contribution in [0.5, 0.6) is 5.75 Å². The van der Waals surface area contributed by atoms with E-state index in [1.165, 1.54) is 19.3 Å². The summed E-state index contributed by atoms with van der Waals surface area (Å²) in [5.41, 5.74) is 0. The highest BCUT2D eigenvalue weighted by molar-refractivity contribution is 6.30. The van der Waals surface area contributed by atoms with E-state index in [-0.39, 0.29) is 24.8 Å². The molecule has 0 saturated carbocycles. The monoisotopic (exact) mass is 380 g/mol. The van der Waals surface area contributed by atoms with Crippen LogP contribution in [0.15, 0.2) is 36.4 Å². The average Bonchev–Trinajstić information content (AvgIpc) is 2.60. The third-order valence-electron chi connectivity index (χ3n) is 3.71. The topological polar surface area (TPSA) is 52.6 Å². The molecule has 0 aromatic heterocycles. The van der Waals surface area contributed by atoms with Crippen molar-refractivity contribution < 1.29 is 19.1 Å². The largest absolute Gasteiger partial charge is 0.466 e. The minimum atomic E-state index is -0.381. The number of carbonyl (C=O) groups excluding carboxylic acids is 2. The van der Waals surface area contributed by atoms with Crippen LogP contribution in [-0.2, 0) is 14.3 Å². The van der Waals surface area contributed by atoms with Crippen molar-refractivity contribution in [2.75, 3.05) is 6.61 Å². The maximum absolute atomic E-state index is 11.7. The van der Waals surface area contributed by atoms with Crippen molar-refractivity contribution >= 4 is 23.5 Å². The molecule has 0 atom stereocenters. The lowest BCUT2D eigenvalue weighted by atomic mass is 10.2. The second-order valence-electron chi connectivity index (χ2n) is 6.11. The molecule has 1 aromatic carbocycles. The Hall–Kier alpha value is -1.81. The fourth-order valence-electron chi connectivity index (χ4n) is 2.30. The molecular weight excluding hydrogens is 352 g/mol. The molecule has 0 spiro atoms. The number of allylic oxidation sites excluding steroid dienone is 2. The van der Waals surface area contributed by atoms with Gasteiger partial charge in [-0.25, -0.2) is 0 Å². The molecule has 1 aromatic rings. The van der Waals surface area contributed by atoms with Crippen LogP contribution in [0.25, 0.3) is 0 Å². The molecule has 0 aliphatic heterocycles. The van der Waals surface area contributed by atoms with Gasteiger partial charge >= 0.3 is 11.9 Å². The first-order valence-corrected chi connectivity index (χ1v) is 9.76. The lowest BCUT2D eigenvalue weighted by Gasteiger charge is -2.05. The summed E-state index contributed by atoms with van der Waals surface area (Å²) in [5.74, 6) is -0.242. The van der Waals surface area contributed by atoms with E-state index in [9.17, 15) is 9.59 Å². The van der Waals surface area contributed by atoms with E-state index in [1.54, 1.807) is 24.3 Å². The summed E-state index contributed by atoms with van der Waals surface area (Å²) in [7, 11) is 0. The standard InChI is InChI=1S/C21H29ClO4/c1-2-3-4-5-6-7-8-9-16-25-20(23)14-11-15-21(24)26-19-13-10-12-18(22)17-19/h6-7,10,12-13,17H,2-5,8-9,11,14-16H2,1H3/b7-6+. The number of carbonyl (C=O) groups is 2. The minimum absolute atomic E-state index is 0.169. The molecule has 4 nitrogen and oxygen atoms in total. The Morgan fingerprint density at radius 2 is 1.73 bits per heavy atom. The number of hydrogen-bond donors (Lipinski definition) is 0. The molecule has 0 bridgehead atoms. The summed E-state index contributed by atoms with van der Waals surface area (Å²) in [4.78, 5) is 23.3. The van der Waals surface area contributed by atoms with Crippen molar-refractivity contribution in [1.82, 2.24) is 0 Å². The first kappa shape index (κ1) is 22.2. The van der Waals surface area contributed by atoms with Crippen LogP contribution in [0.3, 0.4) is 0 Å². The van der Waals surface area contributed by atoms with Gasteiger partial charge in [-0.1, -0.05) is 49.6 Å². The van der Waals surface area contributed by atoms with Gasteiger partial charge < -0.3 is 9.47 Å². The van der Waals surface area contributed by atoms with Crippen LogP contribution in [0.4, 0.5) is 0 Å². The van der Waals surface area contributed by atoms with Crippen molar-refractivity contribution in [3.63, 3.8) is 0 Å². The van der Waals surface area contributed by atoms with Gasteiger partial charge in [0, 0.05) is 17.9 Å². The first-order chi connectivity index (χ1) is 12.6. The summed E-state index contributed by atoms with van der Waals surface area (Å²) >= 11 is 5.83. The smallest absolute Gasteiger partial charge is 0.311 e. The zero-order chi connectivity index (χ0) is 19.0. The SMILES string of the molecule is CCCCC/C=C/CCCOC(=O)CCCC(=O)Oc1cccc(Cl)c1. The maximum atomic E-state index is 11.7. The molecule has 0 amide bonds. The lowest BCUT2D eigenvalue weighted by molar-refractivity contribution is -0.144. The van der Waals surface area contributed by atoms with Crippen LogP contribution in [0, 0.1) is 0 Å². The van der Waals surface area contributed by atoms with Gasteiger partial charge in [-0.3, -0.25) is 9.59 Å². The molecule has 0 aliphatic carbocycles. The van der Waals surface area contributed by atoms with Crippen LogP contribution in [0.1, 0.15) is 64.7 Å². The highest BCUT2D eigenvalue weighted by Crippen LogP contribution is 2.17. The Morgan fingerprint density at radius 1 is 1.00 bits per heavy atom. The molecule has 0 fully saturated rings. The molecule has 5 heteroatoms. The highest BCUT2D eigenvalue weighted by Gasteiger charge is 2.08. The summed E-state index contributed by atoms with van der Waals surface area (Å²) < 4.78 is 10.3. The Bertz CT molecular complexity index is 569. The van der Waals surface area contributed by atoms with Gasteiger partial charge in [0.1, 0.15) is 5.75 Å². The molecule has 0 aliphatic rings. The van der Waals surface area contributed by atoms with Crippen LogP contribution in [0.2, 0.25) is 5.02 Å². The molecule has 26 heavy (non-hydrogen) atoms. The highest BCUT2D eigenvalue weighted by atomic mass is 35.5. The van der Waals surface area contributed by atoms with Gasteiger partial charge in [0.15, 0.2) is 0 Å². The number of benzene rings is 1. The minimum Gasteiger partial charge on any atom is -0.466 e. The van der Waals surface area contributed by atoms with Crippen LogP contribution in [-0.4, -0.2) is 18.5 Å². The predicted molar refractivity (Wildman–Crippen MR) is 104 cm³/mol. The fourth-order valence-corrected chi connectivity index (χ4v) is 2.48. The van der Waals surface area contributed by atoms with E-state index in [0.29, 0.717) is 23.8 Å². The van der Waals surface area contributed by atoms with Gasteiger partial charge in [-0.2, -0.15) is 0 Å².